The van der Waals surface area contributed by atoms with E-state index in [0.717, 1.165) is 37.3 Å². The van der Waals surface area contributed by atoms with Crippen LogP contribution in [0.4, 0.5) is 20.2 Å². The highest BCUT2D eigenvalue weighted by atomic mass is 32.2. The zero-order valence-electron chi connectivity index (χ0n) is 14.3. The minimum absolute atomic E-state index is 0.0503. The van der Waals surface area contributed by atoms with Gasteiger partial charge in [-0.25, -0.2) is 17.2 Å². The monoisotopic (exact) mass is 382 g/mol. The summed E-state index contributed by atoms with van der Waals surface area (Å²) >= 11 is 0. The number of sulfonamides is 1. The fourth-order valence-electron chi connectivity index (χ4n) is 3.02. The first kappa shape index (κ1) is 18.6. The fourth-order valence-corrected chi connectivity index (χ4v) is 4.20. The van der Waals surface area contributed by atoms with Crippen LogP contribution in [0.2, 0.25) is 0 Å². The first-order chi connectivity index (χ1) is 12.3. The van der Waals surface area contributed by atoms with Crippen LogP contribution in [0.1, 0.15) is 12.0 Å². The second-order valence-corrected chi connectivity index (χ2v) is 8.00. The van der Waals surface area contributed by atoms with Crippen molar-refractivity contribution < 1.29 is 21.9 Å². The van der Waals surface area contributed by atoms with Gasteiger partial charge in [0.05, 0.1) is 11.9 Å². The van der Waals surface area contributed by atoms with Gasteiger partial charge in [-0.3, -0.25) is 4.72 Å². The van der Waals surface area contributed by atoms with Crippen molar-refractivity contribution in [2.24, 2.45) is 0 Å². The Morgan fingerprint density at radius 3 is 2.38 bits per heavy atom. The predicted octanol–water partition coefficient (Wildman–Crippen LogP) is 3.13. The quantitative estimate of drug-likeness (QED) is 0.834. The Labute approximate surface area is 151 Å². The summed E-state index contributed by atoms with van der Waals surface area (Å²) in [6.07, 6.45) is 1.16. The molecular weight excluding hydrogens is 362 g/mol. The van der Waals surface area contributed by atoms with E-state index in [4.69, 9.17) is 4.74 Å². The van der Waals surface area contributed by atoms with E-state index >= 15 is 0 Å². The first-order valence-electron chi connectivity index (χ1n) is 8.18. The number of hydrogen-bond acceptors (Lipinski definition) is 4. The van der Waals surface area contributed by atoms with Crippen LogP contribution in [0.3, 0.4) is 0 Å². The number of nitrogens with one attached hydrogen (secondary N) is 1. The molecule has 1 atom stereocenters. The molecule has 2 aromatic rings. The standard InChI is InChI=1S/C18H20F2N2O3S/c1-25-18-6-7-22(11-18)17-4-2-16(3-5-17)21-26(23,24)12-13-8-14(19)10-15(20)9-13/h2-5,8-10,18,21H,6-7,11-12H2,1H3. The lowest BCUT2D eigenvalue weighted by Crippen LogP contribution is -2.22. The van der Waals surface area contributed by atoms with Gasteiger partial charge in [0, 0.05) is 37.6 Å². The highest BCUT2D eigenvalue weighted by molar-refractivity contribution is 7.91. The summed E-state index contributed by atoms with van der Waals surface area (Å²) in [5.41, 5.74) is 1.43. The van der Waals surface area contributed by atoms with E-state index < -0.39 is 27.4 Å². The van der Waals surface area contributed by atoms with Crippen LogP contribution >= 0.6 is 0 Å². The van der Waals surface area contributed by atoms with Crippen molar-refractivity contribution in [3.63, 3.8) is 0 Å². The zero-order valence-corrected chi connectivity index (χ0v) is 15.1. The van der Waals surface area contributed by atoms with Gasteiger partial charge in [-0.1, -0.05) is 0 Å². The third-order valence-electron chi connectivity index (χ3n) is 4.26. The lowest BCUT2D eigenvalue weighted by molar-refractivity contribution is 0.121. The summed E-state index contributed by atoms with van der Waals surface area (Å²) in [6.45, 7) is 1.68. The van der Waals surface area contributed by atoms with Gasteiger partial charge in [0.15, 0.2) is 0 Å². The lowest BCUT2D eigenvalue weighted by Gasteiger charge is -2.19. The van der Waals surface area contributed by atoms with Crippen LogP contribution < -0.4 is 9.62 Å². The maximum Gasteiger partial charge on any atom is 0.236 e. The molecule has 5 nitrogen and oxygen atoms in total. The van der Waals surface area contributed by atoms with Gasteiger partial charge in [0.25, 0.3) is 0 Å². The van der Waals surface area contributed by atoms with Crippen molar-refractivity contribution in [3.05, 3.63) is 59.7 Å². The van der Waals surface area contributed by atoms with E-state index in [0.29, 0.717) is 11.8 Å². The summed E-state index contributed by atoms with van der Waals surface area (Å²) in [7, 11) is -2.09. The number of hydrogen-bond donors (Lipinski definition) is 1. The van der Waals surface area contributed by atoms with E-state index in [-0.39, 0.29) is 11.7 Å². The molecule has 0 aromatic heterocycles. The molecule has 0 saturated carbocycles. The molecule has 1 saturated heterocycles. The third kappa shape index (κ3) is 4.70. The van der Waals surface area contributed by atoms with Crippen molar-refractivity contribution in [2.45, 2.75) is 18.3 Å². The molecule has 8 heteroatoms. The van der Waals surface area contributed by atoms with E-state index in [1.165, 1.54) is 0 Å². The number of ether oxygens (including phenoxy) is 1. The summed E-state index contributed by atoms with van der Waals surface area (Å²) in [4.78, 5) is 2.17. The lowest BCUT2D eigenvalue weighted by atomic mass is 10.2. The van der Waals surface area contributed by atoms with Crippen molar-refractivity contribution in [3.8, 4) is 0 Å². The van der Waals surface area contributed by atoms with Crippen molar-refractivity contribution in [1.29, 1.82) is 0 Å². The number of nitrogens with zero attached hydrogens (tertiary/aromatic N) is 1. The molecule has 26 heavy (non-hydrogen) atoms. The average Bonchev–Trinajstić information content (AvgIpc) is 3.02. The van der Waals surface area contributed by atoms with Crippen molar-refractivity contribution >= 4 is 21.4 Å². The molecular formula is C18H20F2N2O3S. The molecule has 3 rings (SSSR count). The Balaban J connectivity index is 1.66. The van der Waals surface area contributed by atoms with Crippen molar-refractivity contribution in [2.75, 3.05) is 29.8 Å². The summed E-state index contributed by atoms with van der Waals surface area (Å²) in [5.74, 6) is -2.12. The largest absolute Gasteiger partial charge is 0.380 e. The number of halogens is 2. The maximum atomic E-state index is 13.2. The minimum Gasteiger partial charge on any atom is -0.380 e. The van der Waals surface area contributed by atoms with Crippen LogP contribution in [0.5, 0.6) is 0 Å². The van der Waals surface area contributed by atoms with E-state index in [1.807, 2.05) is 12.1 Å². The van der Waals surface area contributed by atoms with Gasteiger partial charge in [0.2, 0.25) is 10.0 Å². The normalized spacial score (nSPS) is 17.5. The van der Waals surface area contributed by atoms with Gasteiger partial charge >= 0.3 is 0 Å². The molecule has 1 fully saturated rings. The van der Waals surface area contributed by atoms with Gasteiger partial charge in [0.1, 0.15) is 11.6 Å². The number of benzene rings is 2. The second-order valence-electron chi connectivity index (χ2n) is 6.28. The smallest absolute Gasteiger partial charge is 0.236 e. The van der Waals surface area contributed by atoms with Crippen LogP contribution in [-0.4, -0.2) is 34.7 Å². The maximum absolute atomic E-state index is 13.2. The molecule has 2 aromatic carbocycles. The predicted molar refractivity (Wildman–Crippen MR) is 96.7 cm³/mol. The Hall–Kier alpha value is -2.19. The van der Waals surface area contributed by atoms with E-state index in [9.17, 15) is 17.2 Å². The number of methoxy groups -OCH3 is 1. The van der Waals surface area contributed by atoms with E-state index in [2.05, 4.69) is 9.62 Å². The van der Waals surface area contributed by atoms with Gasteiger partial charge < -0.3 is 9.64 Å². The Kier molecular flexibility index (Phi) is 5.43. The molecule has 1 heterocycles. The third-order valence-corrected chi connectivity index (χ3v) is 5.52. The topological polar surface area (TPSA) is 58.6 Å². The highest BCUT2D eigenvalue weighted by Gasteiger charge is 2.22. The minimum atomic E-state index is -3.78. The van der Waals surface area contributed by atoms with Gasteiger partial charge in [-0.05, 0) is 48.4 Å². The molecule has 0 spiro atoms. The first-order valence-corrected chi connectivity index (χ1v) is 9.83. The van der Waals surface area contributed by atoms with Crippen molar-refractivity contribution in [1.82, 2.24) is 0 Å². The molecule has 0 bridgehead atoms. The molecule has 0 amide bonds. The molecule has 140 valence electrons. The molecule has 0 aliphatic carbocycles. The molecule has 1 aliphatic rings. The van der Waals surface area contributed by atoms with Crippen LogP contribution in [0, 0.1) is 11.6 Å². The van der Waals surface area contributed by atoms with Gasteiger partial charge in [-0.2, -0.15) is 0 Å². The molecule has 1 unspecified atom stereocenters. The van der Waals surface area contributed by atoms with Gasteiger partial charge in [-0.15, -0.1) is 0 Å². The Morgan fingerprint density at radius 1 is 1.15 bits per heavy atom. The summed E-state index contributed by atoms with van der Waals surface area (Å²) < 4.78 is 58.6. The van der Waals surface area contributed by atoms with Crippen LogP contribution in [0.15, 0.2) is 42.5 Å². The Morgan fingerprint density at radius 2 is 1.81 bits per heavy atom. The number of anilines is 2. The molecule has 1 aliphatic heterocycles. The Bertz CT molecular complexity index is 852. The second kappa shape index (κ2) is 7.59. The van der Waals surface area contributed by atoms with Crippen LogP contribution in [-0.2, 0) is 20.5 Å². The molecule has 0 radical (unpaired) electrons. The SMILES string of the molecule is COC1CCN(c2ccc(NS(=O)(=O)Cc3cc(F)cc(F)c3)cc2)C1. The van der Waals surface area contributed by atoms with Crippen LogP contribution in [0.25, 0.3) is 0 Å². The highest BCUT2D eigenvalue weighted by Crippen LogP contribution is 2.24. The zero-order chi connectivity index (χ0) is 18.7. The fraction of sp³-hybridized carbons (Fsp3) is 0.333. The average molecular weight is 382 g/mol. The van der Waals surface area contributed by atoms with E-state index in [1.54, 1.807) is 19.2 Å². The summed E-state index contributed by atoms with van der Waals surface area (Å²) in [5, 5.41) is 0. The number of rotatable bonds is 6. The molecule has 1 N–H and O–H groups in total. The summed E-state index contributed by atoms with van der Waals surface area (Å²) in [6, 6.07) is 9.71.